The van der Waals surface area contributed by atoms with Gasteiger partial charge in [0.15, 0.2) is 0 Å². The van der Waals surface area contributed by atoms with Gasteiger partial charge in [0.2, 0.25) is 0 Å². The lowest BCUT2D eigenvalue weighted by molar-refractivity contribution is 0.589. The molecule has 0 saturated heterocycles. The third kappa shape index (κ3) is 1.97. The van der Waals surface area contributed by atoms with Crippen LogP contribution in [0.15, 0.2) is 0 Å². The summed E-state index contributed by atoms with van der Waals surface area (Å²) < 4.78 is 0. The van der Waals surface area contributed by atoms with Crippen molar-refractivity contribution in [2.75, 3.05) is 6.54 Å². The van der Waals surface area contributed by atoms with E-state index in [4.69, 9.17) is 9.97 Å². The van der Waals surface area contributed by atoms with Crippen LogP contribution in [0.5, 0.6) is 0 Å². The third-order valence-corrected chi connectivity index (χ3v) is 4.05. The molecular weight excluding hydrogens is 210 g/mol. The minimum absolute atomic E-state index is 0.287. The molecule has 1 aromatic rings. The Morgan fingerprint density at radius 3 is 2.82 bits per heavy atom. The van der Waals surface area contributed by atoms with E-state index < -0.39 is 0 Å². The second-order valence-corrected chi connectivity index (χ2v) is 5.66. The van der Waals surface area contributed by atoms with E-state index >= 15 is 0 Å². The van der Waals surface area contributed by atoms with Gasteiger partial charge in [-0.3, -0.25) is 0 Å². The van der Waals surface area contributed by atoms with Crippen LogP contribution >= 0.6 is 0 Å². The number of nitrogens with one attached hydrogen (secondary N) is 1. The van der Waals surface area contributed by atoms with Crippen LogP contribution < -0.4 is 5.32 Å². The maximum Gasteiger partial charge on any atom is 0.134 e. The molecule has 0 unspecified atom stereocenters. The van der Waals surface area contributed by atoms with E-state index in [0.717, 1.165) is 31.8 Å². The maximum atomic E-state index is 4.87. The Balaban J connectivity index is 2.05. The number of hydrogen-bond acceptors (Lipinski definition) is 3. The summed E-state index contributed by atoms with van der Waals surface area (Å²) in [7, 11) is 0. The van der Waals surface area contributed by atoms with Crippen molar-refractivity contribution in [3.63, 3.8) is 0 Å². The highest BCUT2D eigenvalue weighted by Crippen LogP contribution is 2.46. The number of aromatic nitrogens is 2. The molecule has 1 aromatic heterocycles. The predicted molar refractivity (Wildman–Crippen MR) is 68.0 cm³/mol. The molecule has 92 valence electrons. The topological polar surface area (TPSA) is 37.8 Å². The molecule has 0 atom stereocenters. The van der Waals surface area contributed by atoms with Crippen molar-refractivity contribution in [3.8, 4) is 0 Å². The highest BCUT2D eigenvalue weighted by Gasteiger charge is 2.42. The Bertz CT molecular complexity index is 435. The fraction of sp³-hybridized carbons (Fsp3) is 0.714. The molecule has 1 aliphatic heterocycles. The van der Waals surface area contributed by atoms with Gasteiger partial charge in [0.25, 0.3) is 0 Å². The Morgan fingerprint density at radius 1 is 1.29 bits per heavy atom. The standard InChI is InChI=1S/C14H21N3/c1-3-4-11-10-5-8-15-9-12(10)17-13(16-11)14(2)6-7-14/h15H,3-9H2,1-2H3. The zero-order valence-electron chi connectivity index (χ0n) is 10.8. The highest BCUT2D eigenvalue weighted by molar-refractivity contribution is 5.31. The Hall–Kier alpha value is -0.960. The van der Waals surface area contributed by atoms with Crippen LogP contribution in [-0.2, 0) is 24.8 Å². The lowest BCUT2D eigenvalue weighted by atomic mass is 10.00. The van der Waals surface area contributed by atoms with Crippen LogP contribution in [0.25, 0.3) is 0 Å². The van der Waals surface area contributed by atoms with Crippen molar-refractivity contribution in [2.45, 2.75) is 57.9 Å². The van der Waals surface area contributed by atoms with Crippen molar-refractivity contribution >= 4 is 0 Å². The Kier molecular flexibility index (Phi) is 2.66. The highest BCUT2D eigenvalue weighted by atomic mass is 15.0. The first-order valence-electron chi connectivity index (χ1n) is 6.83. The van der Waals surface area contributed by atoms with Gasteiger partial charge in [0.1, 0.15) is 5.82 Å². The SMILES string of the molecule is CCCc1nc(C2(C)CC2)nc2c1CCNC2. The molecule has 0 spiro atoms. The predicted octanol–water partition coefficient (Wildman–Crippen LogP) is 2.13. The summed E-state index contributed by atoms with van der Waals surface area (Å²) in [5.41, 5.74) is 4.30. The summed E-state index contributed by atoms with van der Waals surface area (Å²) in [5, 5.41) is 3.42. The van der Waals surface area contributed by atoms with Gasteiger partial charge in [0.05, 0.1) is 5.69 Å². The van der Waals surface area contributed by atoms with Crippen LogP contribution in [0.1, 0.15) is 55.9 Å². The molecule has 0 aromatic carbocycles. The maximum absolute atomic E-state index is 4.87. The number of nitrogens with zero attached hydrogens (tertiary/aromatic N) is 2. The summed E-state index contributed by atoms with van der Waals surface area (Å²) in [6.45, 7) is 6.52. The van der Waals surface area contributed by atoms with E-state index in [0.29, 0.717) is 0 Å². The van der Waals surface area contributed by atoms with E-state index in [1.165, 1.54) is 36.2 Å². The monoisotopic (exact) mass is 231 g/mol. The molecule has 2 heterocycles. The molecule has 3 rings (SSSR count). The van der Waals surface area contributed by atoms with E-state index in [9.17, 15) is 0 Å². The van der Waals surface area contributed by atoms with Gasteiger partial charge in [0, 0.05) is 17.7 Å². The van der Waals surface area contributed by atoms with Crippen molar-refractivity contribution in [1.82, 2.24) is 15.3 Å². The zero-order valence-corrected chi connectivity index (χ0v) is 10.8. The average Bonchev–Trinajstić information content (AvgIpc) is 3.09. The molecule has 0 radical (unpaired) electrons. The van der Waals surface area contributed by atoms with Crippen molar-refractivity contribution in [3.05, 3.63) is 22.8 Å². The summed E-state index contributed by atoms with van der Waals surface area (Å²) in [5.74, 6) is 1.10. The van der Waals surface area contributed by atoms with E-state index in [1.807, 2.05) is 0 Å². The molecule has 1 aliphatic carbocycles. The van der Waals surface area contributed by atoms with Crippen LogP contribution in [0, 0.1) is 0 Å². The summed E-state index contributed by atoms with van der Waals surface area (Å²) in [6.07, 6.45) is 5.89. The fourth-order valence-corrected chi connectivity index (χ4v) is 2.56. The van der Waals surface area contributed by atoms with Crippen molar-refractivity contribution in [1.29, 1.82) is 0 Å². The first-order chi connectivity index (χ1) is 8.23. The molecule has 2 aliphatic rings. The summed E-state index contributed by atoms with van der Waals surface area (Å²) in [6, 6.07) is 0. The van der Waals surface area contributed by atoms with Crippen molar-refractivity contribution < 1.29 is 0 Å². The van der Waals surface area contributed by atoms with Gasteiger partial charge in [-0.15, -0.1) is 0 Å². The molecular formula is C14H21N3. The lowest BCUT2D eigenvalue weighted by Gasteiger charge is -2.21. The number of hydrogen-bond donors (Lipinski definition) is 1. The normalized spacial score (nSPS) is 21.1. The summed E-state index contributed by atoms with van der Waals surface area (Å²) in [4.78, 5) is 9.69. The molecule has 17 heavy (non-hydrogen) atoms. The van der Waals surface area contributed by atoms with Crippen LogP contribution in [0.3, 0.4) is 0 Å². The Morgan fingerprint density at radius 2 is 2.12 bits per heavy atom. The smallest absolute Gasteiger partial charge is 0.134 e. The lowest BCUT2D eigenvalue weighted by Crippen LogP contribution is -2.28. The molecule has 0 amide bonds. The number of aryl methyl sites for hydroxylation is 1. The molecule has 1 saturated carbocycles. The largest absolute Gasteiger partial charge is 0.311 e. The van der Waals surface area contributed by atoms with Crippen LogP contribution in [-0.4, -0.2) is 16.5 Å². The van der Waals surface area contributed by atoms with E-state index in [-0.39, 0.29) is 5.41 Å². The number of rotatable bonds is 3. The first kappa shape index (κ1) is 11.1. The third-order valence-electron chi connectivity index (χ3n) is 4.05. The van der Waals surface area contributed by atoms with Gasteiger partial charge in [-0.1, -0.05) is 20.3 Å². The second-order valence-electron chi connectivity index (χ2n) is 5.66. The minimum atomic E-state index is 0.287. The fourth-order valence-electron chi connectivity index (χ4n) is 2.56. The van der Waals surface area contributed by atoms with E-state index in [2.05, 4.69) is 19.2 Å². The molecule has 3 heteroatoms. The van der Waals surface area contributed by atoms with Crippen LogP contribution in [0.2, 0.25) is 0 Å². The van der Waals surface area contributed by atoms with Gasteiger partial charge >= 0.3 is 0 Å². The molecule has 3 nitrogen and oxygen atoms in total. The first-order valence-corrected chi connectivity index (χ1v) is 6.83. The van der Waals surface area contributed by atoms with Gasteiger partial charge in [-0.25, -0.2) is 9.97 Å². The molecule has 1 fully saturated rings. The van der Waals surface area contributed by atoms with Crippen molar-refractivity contribution in [2.24, 2.45) is 0 Å². The second kappa shape index (κ2) is 4.05. The molecule has 0 bridgehead atoms. The van der Waals surface area contributed by atoms with Crippen LogP contribution in [0.4, 0.5) is 0 Å². The Labute approximate surface area is 103 Å². The minimum Gasteiger partial charge on any atom is -0.311 e. The zero-order chi connectivity index (χ0) is 11.9. The molecule has 1 N–H and O–H groups in total. The quantitative estimate of drug-likeness (QED) is 0.866. The summed E-state index contributed by atoms with van der Waals surface area (Å²) >= 11 is 0. The number of fused-ring (bicyclic) bond motifs is 1. The van der Waals surface area contributed by atoms with Gasteiger partial charge < -0.3 is 5.32 Å². The van der Waals surface area contributed by atoms with E-state index in [1.54, 1.807) is 0 Å². The average molecular weight is 231 g/mol. The van der Waals surface area contributed by atoms with Gasteiger partial charge in [-0.05, 0) is 37.8 Å². The van der Waals surface area contributed by atoms with Gasteiger partial charge in [-0.2, -0.15) is 0 Å².